The molecule has 0 aromatic rings. The van der Waals surface area contributed by atoms with Crippen molar-refractivity contribution in [1.82, 2.24) is 0 Å². The van der Waals surface area contributed by atoms with Gasteiger partial charge in [-0.05, 0) is 31.6 Å². The van der Waals surface area contributed by atoms with E-state index in [1.807, 2.05) is 0 Å². The fourth-order valence-electron chi connectivity index (χ4n) is 3.47. The molecule has 2 aliphatic carbocycles. The SMILES string of the molecule is O/N=C(\C1CCCCC1)C(S)C1CCCCC1. The molecule has 2 nitrogen and oxygen atoms in total. The maximum atomic E-state index is 9.32. The van der Waals surface area contributed by atoms with Crippen LogP contribution in [0.1, 0.15) is 64.2 Å². The molecule has 0 spiro atoms. The summed E-state index contributed by atoms with van der Waals surface area (Å²) in [7, 11) is 0. The summed E-state index contributed by atoms with van der Waals surface area (Å²) in [5, 5.41) is 13.1. The normalized spacial score (nSPS) is 27.0. The predicted molar refractivity (Wildman–Crippen MR) is 75.1 cm³/mol. The van der Waals surface area contributed by atoms with E-state index in [-0.39, 0.29) is 5.25 Å². The van der Waals surface area contributed by atoms with Gasteiger partial charge < -0.3 is 5.21 Å². The molecule has 0 aromatic carbocycles. The predicted octanol–water partition coefficient (Wildman–Crippen LogP) is 4.28. The Labute approximate surface area is 110 Å². The van der Waals surface area contributed by atoms with E-state index in [0.717, 1.165) is 5.71 Å². The highest BCUT2D eigenvalue weighted by Gasteiger charge is 2.30. The van der Waals surface area contributed by atoms with Crippen LogP contribution in [0.5, 0.6) is 0 Å². The minimum Gasteiger partial charge on any atom is -0.411 e. The number of hydrogen-bond donors (Lipinski definition) is 2. The average Bonchev–Trinajstić information content (AvgIpc) is 2.42. The van der Waals surface area contributed by atoms with Crippen LogP contribution in [-0.2, 0) is 0 Å². The van der Waals surface area contributed by atoms with Crippen LogP contribution < -0.4 is 0 Å². The molecule has 0 bridgehead atoms. The van der Waals surface area contributed by atoms with Crippen molar-refractivity contribution < 1.29 is 5.21 Å². The van der Waals surface area contributed by atoms with Gasteiger partial charge in [0, 0.05) is 11.2 Å². The largest absolute Gasteiger partial charge is 0.411 e. The molecule has 98 valence electrons. The molecule has 1 atom stereocenters. The van der Waals surface area contributed by atoms with Crippen molar-refractivity contribution in [2.24, 2.45) is 17.0 Å². The molecule has 2 fully saturated rings. The summed E-state index contributed by atoms with van der Waals surface area (Å²) in [5.74, 6) is 1.14. The fourth-order valence-corrected chi connectivity index (χ4v) is 4.03. The zero-order valence-electron chi connectivity index (χ0n) is 10.6. The second-order valence-corrected chi connectivity index (χ2v) is 6.26. The van der Waals surface area contributed by atoms with Crippen molar-refractivity contribution in [3.63, 3.8) is 0 Å². The van der Waals surface area contributed by atoms with Crippen LogP contribution in [0.3, 0.4) is 0 Å². The number of nitrogens with zero attached hydrogens (tertiary/aromatic N) is 1. The van der Waals surface area contributed by atoms with E-state index < -0.39 is 0 Å². The molecule has 0 heterocycles. The molecule has 17 heavy (non-hydrogen) atoms. The Morgan fingerprint density at radius 1 is 0.941 bits per heavy atom. The standard InChI is InChI=1S/C14H25NOS/c16-15-13(11-7-3-1-4-8-11)14(17)12-9-5-2-6-10-12/h11-12,14,16-17H,1-10H2/b15-13+. The molecule has 3 heteroatoms. The highest BCUT2D eigenvalue weighted by Crippen LogP contribution is 2.34. The summed E-state index contributed by atoms with van der Waals surface area (Å²) in [5.41, 5.74) is 0.986. The fraction of sp³-hybridized carbons (Fsp3) is 0.929. The van der Waals surface area contributed by atoms with E-state index >= 15 is 0 Å². The number of thiol groups is 1. The lowest BCUT2D eigenvalue weighted by atomic mass is 9.78. The molecule has 1 unspecified atom stereocenters. The van der Waals surface area contributed by atoms with Crippen molar-refractivity contribution in [3.8, 4) is 0 Å². The van der Waals surface area contributed by atoms with Crippen LogP contribution in [0.4, 0.5) is 0 Å². The van der Waals surface area contributed by atoms with Crippen molar-refractivity contribution in [3.05, 3.63) is 0 Å². The van der Waals surface area contributed by atoms with Gasteiger partial charge in [-0.25, -0.2) is 0 Å². The average molecular weight is 255 g/mol. The Morgan fingerprint density at radius 3 is 2.00 bits per heavy atom. The van der Waals surface area contributed by atoms with Gasteiger partial charge >= 0.3 is 0 Å². The summed E-state index contributed by atoms with van der Waals surface area (Å²) >= 11 is 4.77. The summed E-state index contributed by atoms with van der Waals surface area (Å²) in [6, 6.07) is 0. The summed E-state index contributed by atoms with van der Waals surface area (Å²) < 4.78 is 0. The molecular weight excluding hydrogens is 230 g/mol. The van der Waals surface area contributed by atoms with E-state index in [1.165, 1.54) is 64.2 Å². The third-order valence-electron chi connectivity index (χ3n) is 4.54. The molecule has 2 rings (SSSR count). The summed E-state index contributed by atoms with van der Waals surface area (Å²) in [6.45, 7) is 0. The van der Waals surface area contributed by atoms with Crippen molar-refractivity contribution >= 4 is 18.3 Å². The molecule has 0 amide bonds. The van der Waals surface area contributed by atoms with E-state index in [2.05, 4.69) is 5.16 Å². The van der Waals surface area contributed by atoms with Gasteiger partial charge in [-0.3, -0.25) is 0 Å². The van der Waals surface area contributed by atoms with Gasteiger partial charge in [-0.15, -0.1) is 0 Å². The molecule has 0 aliphatic heterocycles. The van der Waals surface area contributed by atoms with Crippen LogP contribution in [0.15, 0.2) is 5.16 Å². The van der Waals surface area contributed by atoms with Crippen LogP contribution in [-0.4, -0.2) is 16.2 Å². The molecule has 0 radical (unpaired) electrons. The lowest BCUT2D eigenvalue weighted by Crippen LogP contribution is -2.33. The number of hydrogen-bond acceptors (Lipinski definition) is 3. The van der Waals surface area contributed by atoms with E-state index in [9.17, 15) is 5.21 Å². The van der Waals surface area contributed by atoms with E-state index in [4.69, 9.17) is 12.6 Å². The van der Waals surface area contributed by atoms with Gasteiger partial charge in [0.2, 0.25) is 0 Å². The topological polar surface area (TPSA) is 32.6 Å². The van der Waals surface area contributed by atoms with Gasteiger partial charge in [0.25, 0.3) is 0 Å². The van der Waals surface area contributed by atoms with E-state index in [0.29, 0.717) is 11.8 Å². The third-order valence-corrected chi connectivity index (χ3v) is 5.22. The quantitative estimate of drug-likeness (QED) is 0.335. The maximum Gasteiger partial charge on any atom is 0.0731 e. The van der Waals surface area contributed by atoms with Gasteiger partial charge in [0.05, 0.1) is 5.71 Å². The lowest BCUT2D eigenvalue weighted by molar-refractivity contribution is 0.300. The highest BCUT2D eigenvalue weighted by atomic mass is 32.1. The first-order chi connectivity index (χ1) is 8.33. The van der Waals surface area contributed by atoms with Crippen molar-refractivity contribution in [2.75, 3.05) is 0 Å². The van der Waals surface area contributed by atoms with Crippen LogP contribution in [0.2, 0.25) is 0 Å². The Balaban J connectivity index is 1.96. The van der Waals surface area contributed by atoms with Crippen LogP contribution >= 0.6 is 12.6 Å². The smallest absolute Gasteiger partial charge is 0.0731 e. The minimum absolute atomic E-state index is 0.198. The monoisotopic (exact) mass is 255 g/mol. The maximum absolute atomic E-state index is 9.32. The molecule has 1 N–H and O–H groups in total. The first-order valence-electron chi connectivity index (χ1n) is 7.23. The second-order valence-electron chi connectivity index (χ2n) is 5.70. The third kappa shape index (κ3) is 3.40. The second kappa shape index (κ2) is 6.67. The molecule has 2 saturated carbocycles. The highest BCUT2D eigenvalue weighted by molar-refractivity contribution is 7.81. The van der Waals surface area contributed by atoms with Crippen molar-refractivity contribution in [1.29, 1.82) is 0 Å². The number of oxime groups is 1. The summed E-state index contributed by atoms with van der Waals surface area (Å²) in [4.78, 5) is 0. The molecule has 2 aliphatic rings. The van der Waals surface area contributed by atoms with Gasteiger partial charge in [-0.1, -0.05) is 43.7 Å². The van der Waals surface area contributed by atoms with Gasteiger partial charge in [-0.2, -0.15) is 12.6 Å². The Kier molecular flexibility index (Phi) is 5.20. The van der Waals surface area contributed by atoms with Gasteiger partial charge in [0.1, 0.15) is 0 Å². The minimum atomic E-state index is 0.198. The lowest BCUT2D eigenvalue weighted by Gasteiger charge is -2.32. The first kappa shape index (κ1) is 13.3. The Bertz CT molecular complexity index is 255. The summed E-state index contributed by atoms with van der Waals surface area (Å²) in [6.07, 6.45) is 12.9. The van der Waals surface area contributed by atoms with Gasteiger partial charge in [0.15, 0.2) is 0 Å². The van der Waals surface area contributed by atoms with Crippen LogP contribution in [0, 0.1) is 11.8 Å². The zero-order chi connectivity index (χ0) is 12.1. The Hall–Kier alpha value is -0.180. The zero-order valence-corrected chi connectivity index (χ0v) is 11.5. The number of rotatable bonds is 3. The molecular formula is C14H25NOS. The molecule has 0 aromatic heterocycles. The molecule has 0 saturated heterocycles. The van der Waals surface area contributed by atoms with Crippen molar-refractivity contribution in [2.45, 2.75) is 69.5 Å². The van der Waals surface area contributed by atoms with E-state index in [1.54, 1.807) is 0 Å². The van der Waals surface area contributed by atoms with Crippen LogP contribution in [0.25, 0.3) is 0 Å². The Morgan fingerprint density at radius 2 is 1.47 bits per heavy atom. The first-order valence-corrected chi connectivity index (χ1v) is 7.74.